The zero-order chi connectivity index (χ0) is 21.1. The van der Waals surface area contributed by atoms with Gasteiger partial charge in [-0.15, -0.1) is 11.3 Å². The van der Waals surface area contributed by atoms with Crippen molar-refractivity contribution < 1.29 is 13.2 Å². The first kappa shape index (κ1) is 21.0. The van der Waals surface area contributed by atoms with E-state index >= 15 is 0 Å². The van der Waals surface area contributed by atoms with Crippen LogP contribution < -0.4 is 4.74 Å². The van der Waals surface area contributed by atoms with Gasteiger partial charge < -0.3 is 4.74 Å². The molecular weight excluding hydrogens is 418 g/mol. The van der Waals surface area contributed by atoms with Crippen molar-refractivity contribution in [2.45, 2.75) is 18.4 Å². The first-order valence-corrected chi connectivity index (χ1v) is 12.2. The summed E-state index contributed by atoms with van der Waals surface area (Å²) in [6.07, 6.45) is 0. The molecule has 8 heteroatoms. The van der Waals surface area contributed by atoms with Gasteiger partial charge in [0.25, 0.3) is 0 Å². The van der Waals surface area contributed by atoms with Crippen LogP contribution in [0.3, 0.4) is 0 Å². The Kier molecular flexibility index (Phi) is 6.19. The predicted molar refractivity (Wildman–Crippen MR) is 119 cm³/mol. The fourth-order valence-corrected chi connectivity index (χ4v) is 5.70. The second-order valence-electron chi connectivity index (χ2n) is 7.37. The van der Waals surface area contributed by atoms with Gasteiger partial charge in [0.2, 0.25) is 10.0 Å². The molecule has 0 aliphatic carbocycles. The molecule has 1 aromatic heterocycles. The van der Waals surface area contributed by atoms with Gasteiger partial charge in [0.05, 0.1) is 17.7 Å². The average molecular weight is 444 g/mol. The minimum atomic E-state index is -3.48. The highest BCUT2D eigenvalue weighted by Crippen LogP contribution is 2.25. The molecule has 0 spiro atoms. The molecule has 1 aliphatic heterocycles. The van der Waals surface area contributed by atoms with Crippen molar-refractivity contribution in [1.29, 1.82) is 0 Å². The van der Waals surface area contributed by atoms with Crippen LogP contribution in [0.4, 0.5) is 0 Å². The normalized spacial score (nSPS) is 15.9. The van der Waals surface area contributed by atoms with Gasteiger partial charge in [0, 0.05) is 43.7 Å². The van der Waals surface area contributed by atoms with Crippen molar-refractivity contribution in [3.8, 4) is 16.3 Å². The summed E-state index contributed by atoms with van der Waals surface area (Å²) in [7, 11) is -1.92. The lowest BCUT2D eigenvalue weighted by Crippen LogP contribution is -2.48. The number of sulfonamides is 1. The Morgan fingerprint density at radius 3 is 2.30 bits per heavy atom. The molecular formula is C22H25N3O3S2. The minimum absolute atomic E-state index is 0.305. The maximum Gasteiger partial charge on any atom is 0.243 e. The highest BCUT2D eigenvalue weighted by molar-refractivity contribution is 7.89. The number of benzene rings is 2. The van der Waals surface area contributed by atoms with Gasteiger partial charge in [-0.25, -0.2) is 13.4 Å². The van der Waals surface area contributed by atoms with Crippen LogP contribution >= 0.6 is 11.3 Å². The second-order valence-corrected chi connectivity index (χ2v) is 10.2. The zero-order valence-electron chi connectivity index (χ0n) is 17.1. The number of ether oxygens (including phenoxy) is 1. The van der Waals surface area contributed by atoms with Crippen LogP contribution in [0.2, 0.25) is 0 Å². The zero-order valence-corrected chi connectivity index (χ0v) is 18.7. The molecule has 0 bridgehead atoms. The van der Waals surface area contributed by atoms with Crippen molar-refractivity contribution in [3.05, 3.63) is 65.2 Å². The van der Waals surface area contributed by atoms with Crippen LogP contribution in [0.15, 0.2) is 58.8 Å². The Morgan fingerprint density at radius 2 is 1.67 bits per heavy atom. The van der Waals surface area contributed by atoms with Gasteiger partial charge >= 0.3 is 0 Å². The summed E-state index contributed by atoms with van der Waals surface area (Å²) in [5, 5.41) is 3.11. The summed E-state index contributed by atoms with van der Waals surface area (Å²) in [5.41, 5.74) is 3.40. The summed E-state index contributed by atoms with van der Waals surface area (Å²) < 4.78 is 32.5. The van der Waals surface area contributed by atoms with Crippen molar-refractivity contribution in [3.63, 3.8) is 0 Å². The lowest BCUT2D eigenvalue weighted by Gasteiger charge is -2.33. The topological polar surface area (TPSA) is 62.7 Å². The van der Waals surface area contributed by atoms with E-state index in [1.54, 1.807) is 47.0 Å². The molecule has 3 aromatic rings. The average Bonchev–Trinajstić information content (AvgIpc) is 3.23. The molecule has 2 heterocycles. The number of thiazole rings is 1. The van der Waals surface area contributed by atoms with E-state index < -0.39 is 10.0 Å². The predicted octanol–water partition coefficient (Wildman–Crippen LogP) is 3.63. The number of nitrogens with zero attached hydrogens (tertiary/aromatic N) is 3. The molecule has 30 heavy (non-hydrogen) atoms. The number of piperazine rings is 1. The second kappa shape index (κ2) is 8.85. The van der Waals surface area contributed by atoms with E-state index in [2.05, 4.69) is 41.5 Å². The molecule has 0 saturated carbocycles. The van der Waals surface area contributed by atoms with Crippen LogP contribution in [-0.4, -0.2) is 55.9 Å². The summed E-state index contributed by atoms with van der Waals surface area (Å²) >= 11 is 1.65. The summed E-state index contributed by atoms with van der Waals surface area (Å²) in [4.78, 5) is 7.33. The molecule has 1 saturated heterocycles. The van der Waals surface area contributed by atoms with Gasteiger partial charge in [-0.1, -0.05) is 29.8 Å². The Morgan fingerprint density at radius 1 is 1.00 bits per heavy atom. The maximum atomic E-state index is 12.9. The number of aryl methyl sites for hydroxylation is 1. The molecule has 1 fully saturated rings. The SMILES string of the molecule is COc1ccc(S(=O)(=O)N2CCN(Cc3csc(-c4ccc(C)cc4)n3)CC2)cc1. The fourth-order valence-electron chi connectivity index (χ4n) is 3.46. The van der Waals surface area contributed by atoms with Gasteiger partial charge in [-0.3, -0.25) is 4.90 Å². The third-order valence-corrected chi connectivity index (χ3v) is 8.12. The number of aromatic nitrogens is 1. The van der Waals surface area contributed by atoms with E-state index in [9.17, 15) is 8.42 Å². The molecule has 1 aliphatic rings. The fraction of sp³-hybridized carbons (Fsp3) is 0.318. The van der Waals surface area contributed by atoms with E-state index in [-0.39, 0.29) is 0 Å². The number of methoxy groups -OCH3 is 1. The van der Waals surface area contributed by atoms with E-state index in [4.69, 9.17) is 9.72 Å². The van der Waals surface area contributed by atoms with Gasteiger partial charge in [-0.05, 0) is 31.2 Å². The van der Waals surface area contributed by atoms with E-state index in [0.717, 1.165) is 22.8 Å². The van der Waals surface area contributed by atoms with Crippen LogP contribution in [0, 0.1) is 6.92 Å². The summed E-state index contributed by atoms with van der Waals surface area (Å²) in [6.45, 7) is 5.14. The monoisotopic (exact) mass is 443 g/mol. The highest BCUT2D eigenvalue weighted by Gasteiger charge is 2.28. The number of hydrogen-bond acceptors (Lipinski definition) is 6. The molecule has 158 valence electrons. The van der Waals surface area contributed by atoms with E-state index in [0.29, 0.717) is 36.8 Å². The largest absolute Gasteiger partial charge is 0.497 e. The third-order valence-electron chi connectivity index (χ3n) is 5.26. The summed E-state index contributed by atoms with van der Waals surface area (Å²) in [6, 6.07) is 14.9. The molecule has 4 rings (SSSR count). The lowest BCUT2D eigenvalue weighted by molar-refractivity contribution is 0.180. The van der Waals surface area contributed by atoms with E-state index in [1.165, 1.54) is 5.56 Å². The molecule has 6 nitrogen and oxygen atoms in total. The third kappa shape index (κ3) is 4.57. The van der Waals surface area contributed by atoms with Gasteiger partial charge in [0.1, 0.15) is 10.8 Å². The summed E-state index contributed by atoms with van der Waals surface area (Å²) in [5.74, 6) is 0.645. The number of hydrogen-bond donors (Lipinski definition) is 0. The number of rotatable bonds is 6. The van der Waals surface area contributed by atoms with Gasteiger partial charge in [-0.2, -0.15) is 4.31 Å². The van der Waals surface area contributed by atoms with Crippen molar-refractivity contribution in [1.82, 2.24) is 14.2 Å². The van der Waals surface area contributed by atoms with Crippen LogP contribution in [0.1, 0.15) is 11.3 Å². The van der Waals surface area contributed by atoms with Gasteiger partial charge in [0.15, 0.2) is 0 Å². The Balaban J connectivity index is 1.36. The first-order valence-electron chi connectivity index (χ1n) is 9.84. The standard InChI is InChI=1S/C22H25N3O3S2/c1-17-3-5-18(6-4-17)22-23-19(16-29-22)15-24-11-13-25(14-12-24)30(26,27)21-9-7-20(28-2)8-10-21/h3-10,16H,11-15H2,1-2H3. The maximum absolute atomic E-state index is 12.9. The quantitative estimate of drug-likeness (QED) is 0.582. The Bertz CT molecular complexity index is 1090. The highest BCUT2D eigenvalue weighted by atomic mass is 32.2. The lowest BCUT2D eigenvalue weighted by atomic mass is 10.2. The molecule has 0 unspecified atom stereocenters. The molecule has 2 aromatic carbocycles. The van der Waals surface area contributed by atoms with E-state index in [1.807, 2.05) is 0 Å². The minimum Gasteiger partial charge on any atom is -0.497 e. The van der Waals surface area contributed by atoms with Crippen molar-refractivity contribution >= 4 is 21.4 Å². The smallest absolute Gasteiger partial charge is 0.243 e. The van der Waals surface area contributed by atoms with Crippen LogP contribution in [-0.2, 0) is 16.6 Å². The molecule has 0 amide bonds. The Labute approximate surface area is 181 Å². The van der Waals surface area contributed by atoms with Crippen molar-refractivity contribution in [2.75, 3.05) is 33.3 Å². The van der Waals surface area contributed by atoms with Crippen LogP contribution in [0.5, 0.6) is 5.75 Å². The molecule has 0 atom stereocenters. The molecule has 0 N–H and O–H groups in total. The Hall–Kier alpha value is -2.26. The van der Waals surface area contributed by atoms with Crippen LogP contribution in [0.25, 0.3) is 10.6 Å². The molecule has 0 radical (unpaired) electrons. The van der Waals surface area contributed by atoms with Crippen molar-refractivity contribution in [2.24, 2.45) is 0 Å². The first-order chi connectivity index (χ1) is 14.5.